The van der Waals surface area contributed by atoms with E-state index in [9.17, 15) is 0 Å². The molecule has 11 heavy (non-hydrogen) atoms. The van der Waals surface area contributed by atoms with Gasteiger partial charge in [-0.2, -0.15) is 0 Å². The van der Waals surface area contributed by atoms with Gasteiger partial charge in [0.2, 0.25) is 0 Å². The highest BCUT2D eigenvalue weighted by Gasteiger charge is 2.23. The first-order valence-corrected chi connectivity index (χ1v) is 3.31. The summed E-state index contributed by atoms with van der Waals surface area (Å²) in [4.78, 5) is 3.89. The molecule has 1 aromatic rings. The fourth-order valence-corrected chi connectivity index (χ4v) is 0.794. The molecule has 0 spiro atoms. The average molecular weight is 156 g/mol. The summed E-state index contributed by atoms with van der Waals surface area (Å²) in [6.45, 7) is 1.81. The van der Waals surface area contributed by atoms with Gasteiger partial charge in [0.25, 0.3) is 5.91 Å². The van der Waals surface area contributed by atoms with Crippen LogP contribution < -0.4 is 0 Å². The van der Waals surface area contributed by atoms with Crippen LogP contribution in [-0.4, -0.2) is 23.8 Å². The van der Waals surface area contributed by atoms with Crippen molar-refractivity contribution >= 4 is 0 Å². The Hall–Kier alpha value is -0.870. The standard InChI is InChI=1S/C7H12N2O2/c1-7(10-2,11-3)9-5-4-8-6-9/h4-6H,1-3H3. The van der Waals surface area contributed by atoms with Crippen molar-refractivity contribution in [3.63, 3.8) is 0 Å². The minimum absolute atomic E-state index is 0.740. The number of hydrogen-bond acceptors (Lipinski definition) is 3. The maximum absolute atomic E-state index is 5.13. The van der Waals surface area contributed by atoms with E-state index in [4.69, 9.17) is 9.47 Å². The molecule has 0 bridgehead atoms. The van der Waals surface area contributed by atoms with Gasteiger partial charge in [0.05, 0.1) is 6.33 Å². The lowest BCUT2D eigenvalue weighted by Gasteiger charge is -2.26. The van der Waals surface area contributed by atoms with Crippen LogP contribution in [0.4, 0.5) is 0 Å². The predicted molar refractivity (Wildman–Crippen MR) is 39.9 cm³/mol. The Morgan fingerprint density at radius 1 is 1.36 bits per heavy atom. The van der Waals surface area contributed by atoms with Crippen molar-refractivity contribution in [1.82, 2.24) is 9.55 Å². The zero-order valence-electron chi connectivity index (χ0n) is 6.94. The highest BCUT2D eigenvalue weighted by molar-refractivity contribution is 4.78. The van der Waals surface area contributed by atoms with Crippen molar-refractivity contribution in [2.24, 2.45) is 0 Å². The molecule has 0 N–H and O–H groups in total. The number of rotatable bonds is 3. The molecule has 0 saturated heterocycles. The van der Waals surface area contributed by atoms with Crippen molar-refractivity contribution in [2.75, 3.05) is 14.2 Å². The van der Waals surface area contributed by atoms with Gasteiger partial charge in [0.1, 0.15) is 0 Å². The molecule has 4 heteroatoms. The van der Waals surface area contributed by atoms with Crippen LogP contribution in [0.3, 0.4) is 0 Å². The van der Waals surface area contributed by atoms with Crippen LogP contribution in [-0.2, 0) is 15.4 Å². The smallest absolute Gasteiger partial charge is 0.252 e. The second-order valence-electron chi connectivity index (χ2n) is 2.28. The summed E-state index contributed by atoms with van der Waals surface area (Å²) >= 11 is 0. The first kappa shape index (κ1) is 8.23. The third kappa shape index (κ3) is 1.41. The molecule has 0 aliphatic rings. The lowest BCUT2D eigenvalue weighted by Crippen LogP contribution is -2.33. The Labute approximate surface area is 65.8 Å². The van der Waals surface area contributed by atoms with Gasteiger partial charge in [0, 0.05) is 33.5 Å². The van der Waals surface area contributed by atoms with E-state index in [1.54, 1.807) is 37.5 Å². The molecule has 0 fully saturated rings. The van der Waals surface area contributed by atoms with Crippen LogP contribution in [0.15, 0.2) is 18.7 Å². The molecule has 0 amide bonds. The number of imidazole rings is 1. The lowest BCUT2D eigenvalue weighted by molar-refractivity contribution is -0.254. The Kier molecular flexibility index (Phi) is 2.26. The van der Waals surface area contributed by atoms with Gasteiger partial charge in [-0.15, -0.1) is 0 Å². The highest BCUT2D eigenvalue weighted by atomic mass is 16.7. The van der Waals surface area contributed by atoms with E-state index in [1.165, 1.54) is 0 Å². The molecule has 0 radical (unpaired) electrons. The number of methoxy groups -OCH3 is 2. The molecule has 0 saturated carbocycles. The van der Waals surface area contributed by atoms with Crippen molar-refractivity contribution in [2.45, 2.75) is 12.8 Å². The highest BCUT2D eigenvalue weighted by Crippen LogP contribution is 2.15. The third-order valence-electron chi connectivity index (χ3n) is 1.73. The van der Waals surface area contributed by atoms with E-state index < -0.39 is 5.91 Å². The summed E-state index contributed by atoms with van der Waals surface area (Å²) in [7, 11) is 3.17. The van der Waals surface area contributed by atoms with Gasteiger partial charge in [-0.1, -0.05) is 0 Å². The molecule has 1 heterocycles. The maximum Gasteiger partial charge on any atom is 0.252 e. The summed E-state index contributed by atoms with van der Waals surface area (Å²) in [6, 6.07) is 0. The fraction of sp³-hybridized carbons (Fsp3) is 0.571. The molecule has 1 aromatic heterocycles. The Bertz CT molecular complexity index is 204. The minimum Gasteiger partial charge on any atom is -0.336 e. The van der Waals surface area contributed by atoms with E-state index in [-0.39, 0.29) is 0 Å². The zero-order chi connectivity index (χ0) is 8.32. The van der Waals surface area contributed by atoms with Crippen molar-refractivity contribution in [3.8, 4) is 0 Å². The van der Waals surface area contributed by atoms with E-state index in [0.29, 0.717) is 0 Å². The lowest BCUT2D eigenvalue weighted by atomic mass is 10.5. The van der Waals surface area contributed by atoms with Gasteiger partial charge < -0.3 is 9.47 Å². The van der Waals surface area contributed by atoms with Gasteiger partial charge in [-0.05, 0) is 0 Å². The van der Waals surface area contributed by atoms with Crippen LogP contribution in [0.2, 0.25) is 0 Å². The SMILES string of the molecule is COC(C)(OC)n1ccnc1. The summed E-state index contributed by atoms with van der Waals surface area (Å²) in [5.41, 5.74) is 0. The first-order valence-electron chi connectivity index (χ1n) is 3.31. The van der Waals surface area contributed by atoms with E-state index in [2.05, 4.69) is 4.98 Å². The van der Waals surface area contributed by atoms with E-state index in [0.717, 1.165) is 0 Å². The zero-order valence-corrected chi connectivity index (χ0v) is 6.94. The molecule has 4 nitrogen and oxygen atoms in total. The summed E-state index contributed by atoms with van der Waals surface area (Å²) in [6.07, 6.45) is 5.11. The van der Waals surface area contributed by atoms with Gasteiger partial charge in [0.15, 0.2) is 0 Å². The minimum atomic E-state index is -0.740. The van der Waals surface area contributed by atoms with Crippen LogP contribution in [0.1, 0.15) is 6.92 Å². The second-order valence-corrected chi connectivity index (χ2v) is 2.28. The largest absolute Gasteiger partial charge is 0.336 e. The second kappa shape index (κ2) is 3.02. The number of nitrogens with zero attached hydrogens (tertiary/aromatic N) is 2. The van der Waals surface area contributed by atoms with Crippen molar-refractivity contribution in [3.05, 3.63) is 18.7 Å². The van der Waals surface area contributed by atoms with Crippen LogP contribution in [0, 0.1) is 0 Å². The normalized spacial score (nSPS) is 11.9. The van der Waals surface area contributed by atoms with Crippen LogP contribution >= 0.6 is 0 Å². The summed E-state index contributed by atoms with van der Waals surface area (Å²) in [5, 5.41) is 0. The van der Waals surface area contributed by atoms with Crippen molar-refractivity contribution in [1.29, 1.82) is 0 Å². The first-order chi connectivity index (χ1) is 5.23. The number of hydrogen-bond donors (Lipinski definition) is 0. The monoisotopic (exact) mass is 156 g/mol. The molecule has 0 atom stereocenters. The summed E-state index contributed by atoms with van der Waals surface area (Å²) in [5.74, 6) is -0.740. The average Bonchev–Trinajstić information content (AvgIpc) is 2.55. The van der Waals surface area contributed by atoms with E-state index >= 15 is 0 Å². The Balaban J connectivity index is 2.87. The van der Waals surface area contributed by atoms with Crippen LogP contribution in [0.25, 0.3) is 0 Å². The van der Waals surface area contributed by atoms with Crippen molar-refractivity contribution < 1.29 is 9.47 Å². The summed E-state index contributed by atoms with van der Waals surface area (Å²) < 4.78 is 12.0. The molecule has 0 unspecified atom stereocenters. The third-order valence-corrected chi connectivity index (χ3v) is 1.73. The van der Waals surface area contributed by atoms with E-state index in [1.807, 2.05) is 6.92 Å². The molecular formula is C7H12N2O2. The molecule has 0 aromatic carbocycles. The number of aromatic nitrogens is 2. The molecule has 0 aliphatic heterocycles. The molecule has 62 valence electrons. The van der Waals surface area contributed by atoms with Crippen LogP contribution in [0.5, 0.6) is 0 Å². The maximum atomic E-state index is 5.13. The molecule has 0 aliphatic carbocycles. The topological polar surface area (TPSA) is 36.3 Å². The molecular weight excluding hydrogens is 144 g/mol. The van der Waals surface area contributed by atoms with Gasteiger partial charge in [-0.25, -0.2) is 4.98 Å². The predicted octanol–water partition coefficient (Wildman–Crippen LogP) is 0.806. The molecule has 1 rings (SSSR count). The van der Waals surface area contributed by atoms with Gasteiger partial charge >= 0.3 is 0 Å². The Morgan fingerprint density at radius 2 is 2.00 bits per heavy atom. The fourth-order valence-electron chi connectivity index (χ4n) is 0.794. The quantitative estimate of drug-likeness (QED) is 0.607. The number of ether oxygens (including phenoxy) is 2. The van der Waals surface area contributed by atoms with Gasteiger partial charge in [-0.3, -0.25) is 4.57 Å². The Morgan fingerprint density at radius 3 is 2.36 bits per heavy atom.